The fourth-order valence-electron chi connectivity index (χ4n) is 1.79. The molecule has 20 heavy (non-hydrogen) atoms. The minimum Gasteiger partial charge on any atom is -0.483 e. The Morgan fingerprint density at radius 1 is 1.25 bits per heavy atom. The molecule has 0 saturated carbocycles. The van der Waals surface area contributed by atoms with Gasteiger partial charge in [0.2, 0.25) is 0 Å². The van der Waals surface area contributed by atoms with Crippen molar-refractivity contribution >= 4 is 50.5 Å². The van der Waals surface area contributed by atoms with Gasteiger partial charge in [0.15, 0.2) is 0 Å². The molecule has 0 radical (unpaired) electrons. The molecule has 2 atom stereocenters. The lowest BCUT2D eigenvalue weighted by atomic mass is 10.1. The molecule has 0 aliphatic heterocycles. The lowest BCUT2D eigenvalue weighted by Gasteiger charge is -2.23. The van der Waals surface area contributed by atoms with E-state index in [1.54, 1.807) is 29.5 Å². The van der Waals surface area contributed by atoms with E-state index in [4.69, 9.17) is 33.7 Å². The van der Waals surface area contributed by atoms with Gasteiger partial charge in [-0.3, -0.25) is 0 Å². The third-order valence-corrected chi connectivity index (χ3v) is 5.02. The van der Waals surface area contributed by atoms with Crippen molar-refractivity contribution < 1.29 is 4.74 Å². The number of hydrogen-bond acceptors (Lipinski definition) is 3. The molecule has 108 valence electrons. The van der Waals surface area contributed by atoms with E-state index in [2.05, 4.69) is 15.9 Å². The number of benzene rings is 1. The first-order valence-electron chi connectivity index (χ1n) is 6.12. The average molecular weight is 395 g/mol. The van der Waals surface area contributed by atoms with E-state index < -0.39 is 0 Å². The number of halogens is 3. The lowest BCUT2D eigenvalue weighted by Crippen LogP contribution is -2.30. The molecule has 1 heterocycles. The third-order valence-electron chi connectivity index (χ3n) is 2.83. The predicted molar refractivity (Wildman–Crippen MR) is 90.1 cm³/mol. The van der Waals surface area contributed by atoms with Crippen LogP contribution in [-0.2, 0) is 0 Å². The zero-order valence-corrected chi connectivity index (χ0v) is 14.7. The highest BCUT2D eigenvalue weighted by molar-refractivity contribution is 9.10. The quantitative estimate of drug-likeness (QED) is 0.708. The number of rotatable bonds is 5. The second-order valence-corrected chi connectivity index (χ2v) is 7.11. The van der Waals surface area contributed by atoms with E-state index >= 15 is 0 Å². The van der Waals surface area contributed by atoms with Gasteiger partial charge in [-0.05, 0) is 46.6 Å². The number of thiophene rings is 1. The van der Waals surface area contributed by atoms with Crippen LogP contribution in [-0.4, -0.2) is 6.04 Å². The summed E-state index contributed by atoms with van der Waals surface area (Å²) >= 11 is 17.1. The molecule has 0 fully saturated rings. The second-order valence-electron chi connectivity index (χ2n) is 4.38. The van der Waals surface area contributed by atoms with Crippen molar-refractivity contribution in [1.29, 1.82) is 0 Å². The Hall–Kier alpha value is -0.260. The summed E-state index contributed by atoms with van der Waals surface area (Å²) in [4.78, 5) is 1.07. The van der Waals surface area contributed by atoms with Crippen LogP contribution in [0.15, 0.2) is 34.1 Å². The maximum Gasteiger partial charge on any atom is 0.148 e. The number of nitrogens with two attached hydrogens (primary N) is 1. The van der Waals surface area contributed by atoms with Gasteiger partial charge in [-0.15, -0.1) is 11.3 Å². The van der Waals surface area contributed by atoms with Crippen molar-refractivity contribution in [2.75, 3.05) is 0 Å². The molecule has 2 nitrogen and oxygen atoms in total. The lowest BCUT2D eigenvalue weighted by molar-refractivity contribution is 0.174. The summed E-state index contributed by atoms with van der Waals surface area (Å²) in [5.74, 6) is 0.626. The van der Waals surface area contributed by atoms with Gasteiger partial charge in [0.1, 0.15) is 11.9 Å². The summed E-state index contributed by atoms with van der Waals surface area (Å²) in [5.41, 5.74) is 6.18. The molecule has 0 saturated heterocycles. The monoisotopic (exact) mass is 393 g/mol. The normalized spacial score (nSPS) is 14.1. The van der Waals surface area contributed by atoms with E-state index in [-0.39, 0.29) is 12.1 Å². The van der Waals surface area contributed by atoms with Crippen molar-refractivity contribution in [1.82, 2.24) is 0 Å². The van der Waals surface area contributed by atoms with Gasteiger partial charge in [-0.2, -0.15) is 0 Å². The predicted octanol–water partition coefficient (Wildman–Crippen LogP) is 5.67. The first-order chi connectivity index (χ1) is 9.49. The maximum absolute atomic E-state index is 6.18. The molecular weight excluding hydrogens is 381 g/mol. The molecule has 0 bridgehead atoms. The Bertz CT molecular complexity index is 570. The first-order valence-corrected chi connectivity index (χ1v) is 8.54. The highest BCUT2D eigenvalue weighted by Gasteiger charge is 2.22. The van der Waals surface area contributed by atoms with Crippen molar-refractivity contribution in [2.45, 2.75) is 25.5 Å². The summed E-state index contributed by atoms with van der Waals surface area (Å²) in [5, 5.41) is 3.10. The van der Waals surface area contributed by atoms with Gasteiger partial charge in [0, 0.05) is 30.8 Å². The SMILES string of the molecule is CCC(N)C(Oc1cc(Cl)cc(Cl)c1)c1cc(Br)cs1. The number of hydrogen-bond donors (Lipinski definition) is 1. The molecule has 1 aromatic heterocycles. The molecule has 2 rings (SSSR count). The third kappa shape index (κ3) is 4.12. The summed E-state index contributed by atoms with van der Waals surface area (Å²) in [6.07, 6.45) is 0.597. The standard InChI is InChI=1S/C14H14BrCl2NOS/c1-2-12(18)14(13-3-8(15)7-20-13)19-11-5-9(16)4-10(17)6-11/h3-7,12,14H,2,18H2,1H3. The maximum atomic E-state index is 6.18. The zero-order chi connectivity index (χ0) is 14.7. The van der Waals surface area contributed by atoms with Crippen molar-refractivity contribution in [3.63, 3.8) is 0 Å². The highest BCUT2D eigenvalue weighted by atomic mass is 79.9. The van der Waals surface area contributed by atoms with Crippen LogP contribution in [0.2, 0.25) is 10.0 Å². The van der Waals surface area contributed by atoms with Crippen molar-refractivity contribution in [3.8, 4) is 5.75 Å². The van der Waals surface area contributed by atoms with Crippen LogP contribution in [0.25, 0.3) is 0 Å². The fourth-order valence-corrected chi connectivity index (χ4v) is 3.84. The molecule has 0 aliphatic rings. The Morgan fingerprint density at radius 2 is 1.90 bits per heavy atom. The molecule has 0 spiro atoms. The minimum atomic E-state index is -0.217. The van der Waals surface area contributed by atoms with E-state index in [1.807, 2.05) is 18.4 Å². The van der Waals surface area contributed by atoms with Gasteiger partial charge < -0.3 is 10.5 Å². The number of ether oxygens (including phenoxy) is 1. The molecule has 2 aromatic rings. The van der Waals surface area contributed by atoms with Gasteiger partial charge >= 0.3 is 0 Å². The van der Waals surface area contributed by atoms with Crippen LogP contribution in [0.4, 0.5) is 0 Å². The Morgan fingerprint density at radius 3 is 2.40 bits per heavy atom. The van der Waals surface area contributed by atoms with Gasteiger partial charge in [0.25, 0.3) is 0 Å². The van der Waals surface area contributed by atoms with Gasteiger partial charge in [-0.25, -0.2) is 0 Å². The summed E-state index contributed by atoms with van der Waals surface area (Å²) in [6, 6.07) is 7.08. The average Bonchev–Trinajstić information content (AvgIpc) is 2.80. The minimum absolute atomic E-state index is 0.0988. The molecule has 2 N–H and O–H groups in total. The van der Waals surface area contributed by atoms with E-state index in [0.717, 1.165) is 15.8 Å². The topological polar surface area (TPSA) is 35.2 Å². The molecule has 0 aliphatic carbocycles. The molecule has 2 unspecified atom stereocenters. The van der Waals surface area contributed by atoms with Crippen LogP contribution in [0, 0.1) is 0 Å². The second kappa shape index (κ2) is 7.14. The molecular formula is C14H14BrCl2NOS. The molecule has 6 heteroatoms. The van der Waals surface area contributed by atoms with Crippen LogP contribution in [0.5, 0.6) is 5.75 Å². The van der Waals surface area contributed by atoms with Gasteiger partial charge in [0.05, 0.1) is 0 Å². The van der Waals surface area contributed by atoms with Crippen molar-refractivity contribution in [2.24, 2.45) is 5.73 Å². The first kappa shape index (κ1) is 16.1. The van der Waals surface area contributed by atoms with Crippen molar-refractivity contribution in [3.05, 3.63) is 49.0 Å². The van der Waals surface area contributed by atoms with E-state index in [9.17, 15) is 0 Å². The smallest absolute Gasteiger partial charge is 0.148 e. The van der Waals surface area contributed by atoms with Crippen LogP contribution >= 0.6 is 50.5 Å². The Balaban J connectivity index is 2.28. The summed E-state index contributed by atoms with van der Waals surface area (Å²) in [6.45, 7) is 2.04. The summed E-state index contributed by atoms with van der Waals surface area (Å²) < 4.78 is 7.05. The zero-order valence-electron chi connectivity index (χ0n) is 10.8. The largest absolute Gasteiger partial charge is 0.483 e. The Kier molecular flexibility index (Phi) is 5.75. The molecule has 1 aromatic carbocycles. The Labute approximate surface area is 141 Å². The molecule has 0 amide bonds. The summed E-state index contributed by atoms with van der Waals surface area (Å²) in [7, 11) is 0. The highest BCUT2D eigenvalue weighted by Crippen LogP contribution is 2.33. The fraction of sp³-hybridized carbons (Fsp3) is 0.286. The van der Waals surface area contributed by atoms with Gasteiger partial charge in [-0.1, -0.05) is 30.1 Å². The van der Waals surface area contributed by atoms with Crippen LogP contribution in [0.1, 0.15) is 24.3 Å². The van der Waals surface area contributed by atoms with Crippen LogP contribution < -0.4 is 10.5 Å². The van der Waals surface area contributed by atoms with Crippen LogP contribution in [0.3, 0.4) is 0 Å². The van der Waals surface area contributed by atoms with E-state index in [0.29, 0.717) is 15.8 Å². The van der Waals surface area contributed by atoms with E-state index in [1.165, 1.54) is 0 Å².